The topological polar surface area (TPSA) is 102 Å². The van der Waals surface area contributed by atoms with Gasteiger partial charge in [0, 0.05) is 13.5 Å². The van der Waals surface area contributed by atoms with E-state index in [2.05, 4.69) is 25.4 Å². The van der Waals surface area contributed by atoms with E-state index >= 15 is 0 Å². The number of esters is 2. The van der Waals surface area contributed by atoms with Crippen LogP contribution in [-0.4, -0.2) is 31.4 Å². The maximum Gasteiger partial charge on any atom is 0.348 e. The highest BCUT2D eigenvalue weighted by molar-refractivity contribution is 9.10. The van der Waals surface area contributed by atoms with Crippen LogP contribution in [-0.2, 0) is 25.6 Å². The van der Waals surface area contributed by atoms with Crippen molar-refractivity contribution >= 4 is 34.1 Å². The minimum Gasteiger partial charge on any atom is -0.466 e. The second-order valence-electron chi connectivity index (χ2n) is 3.77. The first kappa shape index (κ1) is 23.5. The normalized spacial score (nSPS) is 8.61. The Kier molecular flexibility index (Phi) is 15.4. The van der Waals surface area contributed by atoms with Gasteiger partial charge >= 0.3 is 11.9 Å². The number of hydrogen-bond acceptors (Lipinski definition) is 6. The van der Waals surface area contributed by atoms with Crippen molar-refractivity contribution in [1.29, 1.82) is 5.41 Å². The number of benzene rings is 1. The van der Waals surface area contributed by atoms with Crippen LogP contribution in [0.4, 0.5) is 4.39 Å². The molecule has 0 saturated carbocycles. The smallest absolute Gasteiger partial charge is 0.348 e. The Hall–Kier alpha value is -1.80. The molecule has 23 heavy (non-hydrogen) atoms. The van der Waals surface area contributed by atoms with Crippen LogP contribution in [0, 0.1) is 11.2 Å². The van der Waals surface area contributed by atoms with Gasteiger partial charge in [-0.25, -0.2) is 9.18 Å². The molecule has 3 N–H and O–H groups in total. The van der Waals surface area contributed by atoms with E-state index in [-0.39, 0.29) is 11.8 Å². The maximum absolute atomic E-state index is 12.7. The third-order valence-corrected chi connectivity index (χ3v) is 2.61. The number of hydrogen-bond donors (Lipinski definition) is 2. The molecule has 0 atom stereocenters. The largest absolute Gasteiger partial charge is 0.466 e. The SMILES string of the molecule is CCOC(=O)C=N.CCOC(C)=O.NCc1ccc(Br)c(F)c1. The number of rotatable bonds is 4. The maximum atomic E-state index is 12.7. The zero-order chi connectivity index (χ0) is 18.3. The van der Waals surface area contributed by atoms with Crippen LogP contribution in [0.25, 0.3) is 0 Å². The minimum absolute atomic E-state index is 0.211. The Morgan fingerprint density at radius 1 is 1.30 bits per heavy atom. The van der Waals surface area contributed by atoms with Crippen LogP contribution >= 0.6 is 15.9 Å². The fourth-order valence-electron chi connectivity index (χ4n) is 1.05. The van der Waals surface area contributed by atoms with E-state index in [0.717, 1.165) is 5.56 Å². The summed E-state index contributed by atoms with van der Waals surface area (Å²) in [6, 6.07) is 4.86. The quantitative estimate of drug-likeness (QED) is 0.605. The third kappa shape index (κ3) is 14.9. The summed E-state index contributed by atoms with van der Waals surface area (Å²) in [5.74, 6) is -1.05. The molecule has 0 aliphatic heterocycles. The molecule has 0 spiro atoms. The summed E-state index contributed by atoms with van der Waals surface area (Å²) in [4.78, 5) is 19.8. The Labute approximate surface area is 143 Å². The van der Waals surface area contributed by atoms with Gasteiger partial charge in [0.2, 0.25) is 0 Å². The first-order valence-corrected chi connectivity index (χ1v) is 7.56. The first-order chi connectivity index (χ1) is 10.8. The minimum atomic E-state index is -0.581. The average Bonchev–Trinajstić information content (AvgIpc) is 2.51. The summed E-state index contributed by atoms with van der Waals surface area (Å²) in [5, 5.41) is 6.31. The van der Waals surface area contributed by atoms with Gasteiger partial charge in [-0.3, -0.25) is 4.79 Å². The fourth-order valence-corrected chi connectivity index (χ4v) is 1.30. The lowest BCUT2D eigenvalue weighted by Gasteiger charge is -1.96. The Morgan fingerprint density at radius 2 is 1.87 bits per heavy atom. The van der Waals surface area contributed by atoms with Crippen molar-refractivity contribution in [3.05, 3.63) is 34.1 Å². The van der Waals surface area contributed by atoms with Crippen molar-refractivity contribution in [3.63, 3.8) is 0 Å². The molecule has 0 fully saturated rings. The fraction of sp³-hybridized carbons (Fsp3) is 0.400. The lowest BCUT2D eigenvalue weighted by molar-refractivity contribution is -0.140. The monoisotopic (exact) mass is 392 g/mol. The van der Waals surface area contributed by atoms with Crippen LogP contribution in [0.5, 0.6) is 0 Å². The van der Waals surface area contributed by atoms with Gasteiger partial charge in [0.15, 0.2) is 0 Å². The molecule has 8 heteroatoms. The van der Waals surface area contributed by atoms with Gasteiger partial charge in [0.25, 0.3) is 0 Å². The molecule has 0 aliphatic carbocycles. The van der Waals surface area contributed by atoms with Crippen LogP contribution in [0.3, 0.4) is 0 Å². The molecule has 130 valence electrons. The van der Waals surface area contributed by atoms with E-state index in [4.69, 9.17) is 11.1 Å². The van der Waals surface area contributed by atoms with Crippen molar-refractivity contribution in [3.8, 4) is 0 Å². The van der Waals surface area contributed by atoms with Crippen LogP contribution in [0.15, 0.2) is 22.7 Å². The highest BCUT2D eigenvalue weighted by Crippen LogP contribution is 2.15. The average molecular weight is 393 g/mol. The molecule has 0 amide bonds. The van der Waals surface area contributed by atoms with E-state index in [1.54, 1.807) is 26.0 Å². The van der Waals surface area contributed by atoms with E-state index < -0.39 is 5.97 Å². The van der Waals surface area contributed by atoms with E-state index in [1.807, 2.05) is 0 Å². The molecule has 0 unspecified atom stereocenters. The Bertz CT molecular complexity index is 498. The van der Waals surface area contributed by atoms with Crippen LogP contribution in [0.1, 0.15) is 26.3 Å². The number of ether oxygens (including phenoxy) is 2. The molecular formula is C15H22BrFN2O4. The molecule has 1 rings (SSSR count). The van der Waals surface area contributed by atoms with Crippen molar-refractivity contribution in [2.45, 2.75) is 27.3 Å². The molecule has 0 bridgehead atoms. The Morgan fingerprint density at radius 3 is 2.13 bits per heavy atom. The standard InChI is InChI=1S/C7H7BrFN.C4H7NO2.C4H8O2/c8-6-2-1-5(4-10)3-7(6)9;1-2-7-4(6)3-5;1-3-6-4(2)5/h1-3H,4,10H2;3,5H,2H2,1H3;3H2,1-2H3. The second kappa shape index (κ2) is 15.1. The molecule has 1 aromatic carbocycles. The highest BCUT2D eigenvalue weighted by atomic mass is 79.9. The summed E-state index contributed by atoms with van der Waals surface area (Å²) < 4.78 is 21.9. The number of nitrogens with two attached hydrogens (primary N) is 1. The molecular weight excluding hydrogens is 371 g/mol. The zero-order valence-electron chi connectivity index (χ0n) is 13.4. The number of nitrogens with one attached hydrogen (secondary N) is 1. The lowest BCUT2D eigenvalue weighted by atomic mass is 10.2. The van der Waals surface area contributed by atoms with E-state index in [0.29, 0.717) is 30.4 Å². The summed E-state index contributed by atoms with van der Waals surface area (Å²) in [6.07, 6.45) is 0.642. The lowest BCUT2D eigenvalue weighted by Crippen LogP contribution is -2.02. The molecule has 1 aromatic rings. The summed E-state index contributed by atoms with van der Waals surface area (Å²) in [7, 11) is 0. The molecule has 0 radical (unpaired) electrons. The van der Waals surface area contributed by atoms with Gasteiger partial charge in [0.1, 0.15) is 12.0 Å². The molecule has 6 nitrogen and oxygen atoms in total. The first-order valence-electron chi connectivity index (χ1n) is 6.76. The van der Waals surface area contributed by atoms with Crippen molar-refractivity contribution in [2.24, 2.45) is 5.73 Å². The molecule has 0 heterocycles. The predicted molar refractivity (Wildman–Crippen MR) is 89.7 cm³/mol. The van der Waals surface area contributed by atoms with Crippen molar-refractivity contribution in [2.75, 3.05) is 13.2 Å². The molecule has 0 aromatic heterocycles. The molecule has 0 aliphatic rings. The Balaban J connectivity index is 0. The summed E-state index contributed by atoms with van der Waals surface area (Å²) in [5.41, 5.74) is 6.09. The number of halogens is 2. The van der Waals surface area contributed by atoms with Gasteiger partial charge in [0.05, 0.1) is 17.7 Å². The van der Waals surface area contributed by atoms with E-state index in [9.17, 15) is 14.0 Å². The third-order valence-electron chi connectivity index (χ3n) is 1.97. The van der Waals surface area contributed by atoms with Gasteiger partial charge in [-0.15, -0.1) is 0 Å². The van der Waals surface area contributed by atoms with Gasteiger partial charge < -0.3 is 20.6 Å². The molecule has 0 saturated heterocycles. The van der Waals surface area contributed by atoms with Gasteiger partial charge in [-0.05, 0) is 47.5 Å². The van der Waals surface area contributed by atoms with Crippen molar-refractivity contribution < 1.29 is 23.5 Å². The van der Waals surface area contributed by atoms with Crippen LogP contribution < -0.4 is 5.73 Å². The predicted octanol–water partition coefficient (Wildman–Crippen LogP) is 2.82. The highest BCUT2D eigenvalue weighted by Gasteiger charge is 1.97. The van der Waals surface area contributed by atoms with E-state index in [1.165, 1.54) is 13.0 Å². The number of carbonyl (C=O) groups is 2. The summed E-state index contributed by atoms with van der Waals surface area (Å²) in [6.45, 7) is 6.07. The summed E-state index contributed by atoms with van der Waals surface area (Å²) >= 11 is 3.04. The second-order valence-corrected chi connectivity index (χ2v) is 4.63. The van der Waals surface area contributed by atoms with Crippen molar-refractivity contribution in [1.82, 2.24) is 0 Å². The number of carbonyl (C=O) groups excluding carboxylic acids is 2. The zero-order valence-corrected chi connectivity index (χ0v) is 15.0. The van der Waals surface area contributed by atoms with Gasteiger partial charge in [-0.1, -0.05) is 6.07 Å². The van der Waals surface area contributed by atoms with Gasteiger partial charge in [-0.2, -0.15) is 0 Å². The van der Waals surface area contributed by atoms with Crippen LogP contribution in [0.2, 0.25) is 0 Å².